The lowest BCUT2D eigenvalue weighted by molar-refractivity contribution is 0.0730. The van der Waals surface area contributed by atoms with Crippen molar-refractivity contribution in [3.63, 3.8) is 0 Å². The number of amides is 1. The predicted octanol–water partition coefficient (Wildman–Crippen LogP) is 2.58. The van der Waals surface area contributed by atoms with Gasteiger partial charge in [0.05, 0.1) is 18.1 Å². The Balaban J connectivity index is 1.88. The fraction of sp³-hybridized carbons (Fsp3) is 0.316. The first-order valence-electron chi connectivity index (χ1n) is 8.45. The minimum Gasteiger partial charge on any atom is -0.379 e. The van der Waals surface area contributed by atoms with Crippen molar-refractivity contribution in [2.24, 2.45) is 0 Å². The van der Waals surface area contributed by atoms with Crippen LogP contribution in [0.25, 0.3) is 0 Å². The van der Waals surface area contributed by atoms with Crippen LogP contribution < -0.4 is 5.32 Å². The Kier molecular flexibility index (Phi) is 5.41. The third-order valence-electron chi connectivity index (χ3n) is 4.45. The van der Waals surface area contributed by atoms with E-state index >= 15 is 0 Å². The lowest BCUT2D eigenvalue weighted by atomic mass is 10.1. The molecule has 0 atom stereocenters. The fourth-order valence-electron chi connectivity index (χ4n) is 2.85. The zero-order valence-corrected chi connectivity index (χ0v) is 15.7. The zero-order valence-electron chi connectivity index (χ0n) is 14.9. The number of hydrogen-bond donors (Lipinski definition) is 1. The molecule has 0 unspecified atom stereocenters. The van der Waals surface area contributed by atoms with E-state index in [2.05, 4.69) is 5.32 Å². The first-order chi connectivity index (χ1) is 12.4. The number of aryl methyl sites for hydroxylation is 2. The highest BCUT2D eigenvalue weighted by molar-refractivity contribution is 7.89. The van der Waals surface area contributed by atoms with Crippen LogP contribution in [0.5, 0.6) is 0 Å². The molecule has 1 amide bonds. The summed E-state index contributed by atoms with van der Waals surface area (Å²) < 4.78 is 32.3. The van der Waals surface area contributed by atoms with Crippen LogP contribution >= 0.6 is 0 Å². The fourth-order valence-corrected chi connectivity index (χ4v) is 4.28. The van der Waals surface area contributed by atoms with Crippen molar-refractivity contribution in [2.45, 2.75) is 18.7 Å². The molecule has 3 rings (SSSR count). The zero-order chi connectivity index (χ0) is 18.7. The maximum atomic E-state index is 12.8. The van der Waals surface area contributed by atoms with Gasteiger partial charge in [0.1, 0.15) is 0 Å². The molecule has 1 saturated heterocycles. The number of sulfonamides is 1. The molecule has 1 aliphatic heterocycles. The van der Waals surface area contributed by atoms with Gasteiger partial charge in [-0.25, -0.2) is 8.42 Å². The van der Waals surface area contributed by atoms with Crippen molar-refractivity contribution in [1.82, 2.24) is 4.31 Å². The molecular weight excluding hydrogens is 352 g/mol. The average Bonchev–Trinajstić information content (AvgIpc) is 2.64. The van der Waals surface area contributed by atoms with Crippen LogP contribution in [0.4, 0.5) is 5.69 Å². The molecule has 0 radical (unpaired) electrons. The molecule has 6 nitrogen and oxygen atoms in total. The standard InChI is InChI=1S/C19H22N2O4S/c1-14-5-3-4-6-17(14)19(22)20-18-13-16(8-7-15(18)2)26(23,24)21-9-11-25-12-10-21/h3-8,13H,9-12H2,1-2H3,(H,20,22). The van der Waals surface area contributed by atoms with Gasteiger partial charge in [0.15, 0.2) is 0 Å². The van der Waals surface area contributed by atoms with E-state index in [1.165, 1.54) is 10.4 Å². The number of carbonyl (C=O) groups is 1. The number of anilines is 1. The Bertz CT molecular complexity index is 919. The molecule has 1 fully saturated rings. The summed E-state index contributed by atoms with van der Waals surface area (Å²) in [7, 11) is -3.61. The van der Waals surface area contributed by atoms with Gasteiger partial charge in [-0.3, -0.25) is 4.79 Å². The van der Waals surface area contributed by atoms with E-state index in [-0.39, 0.29) is 10.8 Å². The topological polar surface area (TPSA) is 75.7 Å². The number of nitrogens with one attached hydrogen (secondary N) is 1. The second-order valence-electron chi connectivity index (χ2n) is 6.26. The van der Waals surface area contributed by atoms with Crippen molar-refractivity contribution in [1.29, 1.82) is 0 Å². The van der Waals surface area contributed by atoms with Crippen molar-refractivity contribution in [3.05, 3.63) is 59.2 Å². The van der Waals surface area contributed by atoms with Gasteiger partial charge < -0.3 is 10.1 Å². The molecule has 7 heteroatoms. The van der Waals surface area contributed by atoms with Crippen LogP contribution in [-0.2, 0) is 14.8 Å². The minimum atomic E-state index is -3.61. The number of benzene rings is 2. The Hall–Kier alpha value is -2.22. The number of nitrogens with zero attached hydrogens (tertiary/aromatic N) is 1. The van der Waals surface area contributed by atoms with E-state index in [1.807, 2.05) is 26.0 Å². The number of hydrogen-bond acceptors (Lipinski definition) is 4. The SMILES string of the molecule is Cc1ccc(S(=O)(=O)N2CCOCC2)cc1NC(=O)c1ccccc1C. The smallest absolute Gasteiger partial charge is 0.255 e. The van der Waals surface area contributed by atoms with Gasteiger partial charge in [-0.2, -0.15) is 4.31 Å². The van der Waals surface area contributed by atoms with Crippen LogP contribution in [-0.4, -0.2) is 44.9 Å². The Labute approximate surface area is 153 Å². The first kappa shape index (κ1) is 18.6. The molecule has 0 aromatic heterocycles. The highest BCUT2D eigenvalue weighted by Crippen LogP contribution is 2.24. The van der Waals surface area contributed by atoms with E-state index < -0.39 is 10.0 Å². The second kappa shape index (κ2) is 7.57. The van der Waals surface area contributed by atoms with Crippen LogP contribution in [0.15, 0.2) is 47.4 Å². The van der Waals surface area contributed by atoms with Crippen molar-refractivity contribution >= 4 is 21.6 Å². The van der Waals surface area contributed by atoms with Crippen molar-refractivity contribution in [2.75, 3.05) is 31.6 Å². The van der Waals surface area contributed by atoms with E-state index in [0.29, 0.717) is 37.6 Å². The monoisotopic (exact) mass is 374 g/mol. The maximum Gasteiger partial charge on any atom is 0.255 e. The average molecular weight is 374 g/mol. The molecule has 1 aliphatic rings. The summed E-state index contributed by atoms with van der Waals surface area (Å²) >= 11 is 0. The largest absolute Gasteiger partial charge is 0.379 e. The van der Waals surface area contributed by atoms with Crippen LogP contribution in [0.2, 0.25) is 0 Å². The van der Waals surface area contributed by atoms with Gasteiger partial charge in [-0.1, -0.05) is 24.3 Å². The molecule has 2 aromatic rings. The van der Waals surface area contributed by atoms with Crippen molar-refractivity contribution in [3.8, 4) is 0 Å². The summed E-state index contributed by atoms with van der Waals surface area (Å²) in [5.41, 5.74) is 2.72. The highest BCUT2D eigenvalue weighted by atomic mass is 32.2. The maximum absolute atomic E-state index is 12.8. The van der Waals surface area contributed by atoms with Gasteiger partial charge in [0.25, 0.3) is 5.91 Å². The molecule has 2 aromatic carbocycles. The highest BCUT2D eigenvalue weighted by Gasteiger charge is 2.27. The normalized spacial score (nSPS) is 15.6. The molecule has 1 N–H and O–H groups in total. The Morgan fingerprint density at radius 2 is 1.73 bits per heavy atom. The quantitative estimate of drug-likeness (QED) is 0.892. The molecule has 1 heterocycles. The number of ether oxygens (including phenoxy) is 1. The summed E-state index contributed by atoms with van der Waals surface area (Å²) in [6.07, 6.45) is 0. The predicted molar refractivity (Wildman–Crippen MR) is 99.9 cm³/mol. The number of morpholine rings is 1. The molecular formula is C19H22N2O4S. The summed E-state index contributed by atoms with van der Waals surface area (Å²) in [5, 5.41) is 2.84. The minimum absolute atomic E-state index is 0.171. The van der Waals surface area contributed by atoms with Gasteiger partial charge in [0.2, 0.25) is 10.0 Å². The summed E-state index contributed by atoms with van der Waals surface area (Å²) in [6, 6.07) is 12.1. The Morgan fingerprint density at radius 3 is 2.42 bits per heavy atom. The third kappa shape index (κ3) is 3.80. The summed E-state index contributed by atoms with van der Waals surface area (Å²) in [4.78, 5) is 12.7. The van der Waals surface area contributed by atoms with E-state index in [0.717, 1.165) is 11.1 Å². The van der Waals surface area contributed by atoms with Crippen LogP contribution in [0.3, 0.4) is 0 Å². The number of rotatable bonds is 4. The van der Waals surface area contributed by atoms with E-state index in [4.69, 9.17) is 4.74 Å². The van der Waals surface area contributed by atoms with Crippen LogP contribution in [0.1, 0.15) is 21.5 Å². The molecule has 0 saturated carbocycles. The van der Waals surface area contributed by atoms with Crippen molar-refractivity contribution < 1.29 is 17.9 Å². The first-order valence-corrected chi connectivity index (χ1v) is 9.89. The van der Waals surface area contributed by atoms with Gasteiger partial charge in [-0.15, -0.1) is 0 Å². The van der Waals surface area contributed by atoms with Crippen LogP contribution in [0, 0.1) is 13.8 Å². The number of carbonyl (C=O) groups excluding carboxylic acids is 1. The van der Waals surface area contributed by atoms with E-state index in [9.17, 15) is 13.2 Å². The molecule has 0 spiro atoms. The van der Waals surface area contributed by atoms with Gasteiger partial charge >= 0.3 is 0 Å². The summed E-state index contributed by atoms with van der Waals surface area (Å²) in [6.45, 7) is 5.14. The molecule has 26 heavy (non-hydrogen) atoms. The third-order valence-corrected chi connectivity index (χ3v) is 6.35. The molecule has 0 aliphatic carbocycles. The van der Waals surface area contributed by atoms with Gasteiger partial charge in [0, 0.05) is 24.3 Å². The molecule has 138 valence electrons. The lowest BCUT2D eigenvalue weighted by Gasteiger charge is -2.26. The van der Waals surface area contributed by atoms with Gasteiger partial charge in [-0.05, 0) is 43.2 Å². The second-order valence-corrected chi connectivity index (χ2v) is 8.20. The lowest BCUT2D eigenvalue weighted by Crippen LogP contribution is -2.40. The Morgan fingerprint density at radius 1 is 1.04 bits per heavy atom. The summed E-state index contributed by atoms with van der Waals surface area (Å²) in [5.74, 6) is -0.257. The van der Waals surface area contributed by atoms with E-state index in [1.54, 1.807) is 24.3 Å². The molecule has 0 bridgehead atoms.